The summed E-state index contributed by atoms with van der Waals surface area (Å²) >= 11 is 0. The Morgan fingerprint density at radius 2 is 2.03 bits per heavy atom. The van der Waals surface area contributed by atoms with Crippen LogP contribution in [-0.4, -0.2) is 37.3 Å². The van der Waals surface area contributed by atoms with Gasteiger partial charge < -0.3 is 13.8 Å². The number of nitrogens with zero attached hydrogens (tertiary/aromatic N) is 5. The number of hydrogen-bond acceptors (Lipinski definition) is 6. The van der Waals surface area contributed by atoms with Gasteiger partial charge in [0.25, 0.3) is 11.8 Å². The first-order chi connectivity index (χ1) is 14.1. The molecule has 9 heteroatoms. The average molecular weight is 393 g/mol. The minimum absolute atomic E-state index is 0.173. The van der Waals surface area contributed by atoms with Crippen LogP contribution in [0, 0.1) is 5.82 Å². The molecule has 0 spiro atoms. The first-order valence-corrected chi connectivity index (χ1v) is 9.07. The lowest BCUT2D eigenvalue weighted by atomic mass is 10.0. The van der Waals surface area contributed by atoms with Crippen LogP contribution in [0.4, 0.5) is 4.39 Å². The molecule has 0 aliphatic carbocycles. The van der Waals surface area contributed by atoms with Crippen molar-refractivity contribution in [2.24, 2.45) is 7.05 Å². The molecule has 0 N–H and O–H groups in total. The standard InChI is InChI=1S/C20H16FN5O3/c1-25-15-8-9-26(20(27)16-3-2-10-28-16)11-14(15)17(23-25)19-22-18(24-29-19)12-4-6-13(21)7-5-12/h2-7,10H,8-9,11H2,1H3. The largest absolute Gasteiger partial charge is 0.459 e. The van der Waals surface area contributed by atoms with Gasteiger partial charge in [-0.05, 0) is 36.4 Å². The maximum Gasteiger partial charge on any atom is 0.289 e. The van der Waals surface area contributed by atoms with Gasteiger partial charge in [-0.15, -0.1) is 0 Å². The van der Waals surface area contributed by atoms with Crippen LogP contribution in [-0.2, 0) is 20.0 Å². The molecule has 1 amide bonds. The van der Waals surface area contributed by atoms with Crippen LogP contribution in [0.1, 0.15) is 21.8 Å². The lowest BCUT2D eigenvalue weighted by Crippen LogP contribution is -2.36. The second-order valence-corrected chi connectivity index (χ2v) is 6.78. The Kier molecular flexibility index (Phi) is 4.01. The van der Waals surface area contributed by atoms with Crippen LogP contribution < -0.4 is 0 Å². The van der Waals surface area contributed by atoms with Gasteiger partial charge in [0.2, 0.25) is 5.82 Å². The third kappa shape index (κ3) is 3.00. The van der Waals surface area contributed by atoms with E-state index in [1.807, 2.05) is 7.05 Å². The summed E-state index contributed by atoms with van der Waals surface area (Å²) in [6.45, 7) is 0.933. The maximum atomic E-state index is 13.2. The zero-order valence-electron chi connectivity index (χ0n) is 15.5. The highest BCUT2D eigenvalue weighted by molar-refractivity contribution is 5.91. The molecule has 0 unspecified atom stereocenters. The molecule has 0 radical (unpaired) electrons. The Bertz CT molecular complexity index is 1180. The highest BCUT2D eigenvalue weighted by atomic mass is 19.1. The second-order valence-electron chi connectivity index (χ2n) is 6.78. The third-order valence-corrected chi connectivity index (χ3v) is 4.99. The predicted molar refractivity (Wildman–Crippen MR) is 99.0 cm³/mol. The van der Waals surface area contributed by atoms with Gasteiger partial charge in [0.1, 0.15) is 5.82 Å². The van der Waals surface area contributed by atoms with Crippen LogP contribution in [0.5, 0.6) is 0 Å². The van der Waals surface area contributed by atoms with Crippen molar-refractivity contribution in [2.45, 2.75) is 13.0 Å². The van der Waals surface area contributed by atoms with Gasteiger partial charge in [-0.3, -0.25) is 9.48 Å². The van der Waals surface area contributed by atoms with E-state index in [-0.39, 0.29) is 17.6 Å². The number of furan rings is 1. The number of fused-ring (bicyclic) bond motifs is 1. The molecule has 3 aromatic heterocycles. The number of benzene rings is 1. The first kappa shape index (κ1) is 17.4. The number of carbonyl (C=O) groups is 1. The molecule has 1 aromatic carbocycles. The minimum atomic E-state index is -0.336. The molecule has 29 heavy (non-hydrogen) atoms. The van der Waals surface area contributed by atoms with Crippen molar-refractivity contribution in [2.75, 3.05) is 6.54 Å². The smallest absolute Gasteiger partial charge is 0.289 e. The van der Waals surface area contributed by atoms with Gasteiger partial charge in [-0.1, -0.05) is 5.16 Å². The lowest BCUT2D eigenvalue weighted by molar-refractivity contribution is 0.0701. The molecule has 4 aromatic rings. The lowest BCUT2D eigenvalue weighted by Gasteiger charge is -2.26. The number of aryl methyl sites for hydroxylation is 1. The maximum absolute atomic E-state index is 13.2. The highest BCUT2D eigenvalue weighted by Gasteiger charge is 2.30. The molecule has 0 fully saturated rings. The Morgan fingerprint density at radius 3 is 2.79 bits per heavy atom. The summed E-state index contributed by atoms with van der Waals surface area (Å²) in [5.74, 6) is 0.396. The van der Waals surface area contributed by atoms with E-state index in [4.69, 9.17) is 8.94 Å². The van der Waals surface area contributed by atoms with E-state index in [0.717, 1.165) is 11.3 Å². The number of halogens is 1. The average Bonchev–Trinajstić information content (AvgIpc) is 3.48. The molecule has 1 aliphatic rings. The normalized spacial score (nSPS) is 13.5. The number of aromatic nitrogens is 4. The molecule has 0 saturated carbocycles. The summed E-state index contributed by atoms with van der Waals surface area (Å²) in [4.78, 5) is 18.8. The van der Waals surface area contributed by atoms with Crippen molar-refractivity contribution < 1.29 is 18.1 Å². The molecule has 1 aliphatic heterocycles. The Hall–Kier alpha value is -3.75. The van der Waals surface area contributed by atoms with Crippen LogP contribution in [0.25, 0.3) is 23.0 Å². The summed E-state index contributed by atoms with van der Waals surface area (Å²) in [5, 5.41) is 8.53. The van der Waals surface area contributed by atoms with E-state index < -0.39 is 0 Å². The van der Waals surface area contributed by atoms with Gasteiger partial charge in [-0.25, -0.2) is 4.39 Å². The molecule has 146 valence electrons. The van der Waals surface area contributed by atoms with Crippen LogP contribution in [0.3, 0.4) is 0 Å². The fourth-order valence-electron chi connectivity index (χ4n) is 3.53. The monoisotopic (exact) mass is 393 g/mol. The van der Waals surface area contributed by atoms with Crippen molar-refractivity contribution in [1.29, 1.82) is 0 Å². The zero-order chi connectivity index (χ0) is 20.0. The van der Waals surface area contributed by atoms with Crippen molar-refractivity contribution >= 4 is 5.91 Å². The molecule has 0 saturated heterocycles. The number of carbonyl (C=O) groups excluding carboxylic acids is 1. The second kappa shape index (κ2) is 6.69. The summed E-state index contributed by atoms with van der Waals surface area (Å²) in [5.41, 5.74) is 3.07. The van der Waals surface area contributed by atoms with E-state index >= 15 is 0 Å². The molecular formula is C20H16FN5O3. The zero-order valence-corrected chi connectivity index (χ0v) is 15.5. The fraction of sp³-hybridized carbons (Fsp3) is 0.200. The van der Waals surface area contributed by atoms with Gasteiger partial charge >= 0.3 is 0 Å². The molecule has 4 heterocycles. The highest BCUT2D eigenvalue weighted by Crippen LogP contribution is 2.30. The summed E-state index contributed by atoms with van der Waals surface area (Å²) in [7, 11) is 1.85. The Labute approximate surface area is 164 Å². The van der Waals surface area contributed by atoms with E-state index in [1.165, 1.54) is 18.4 Å². The summed E-state index contributed by atoms with van der Waals surface area (Å²) < 4.78 is 25.6. The van der Waals surface area contributed by atoms with Crippen LogP contribution in [0.15, 0.2) is 51.6 Å². The molecule has 5 rings (SSSR count). The molecule has 0 bridgehead atoms. The van der Waals surface area contributed by atoms with E-state index in [9.17, 15) is 9.18 Å². The van der Waals surface area contributed by atoms with Crippen molar-refractivity contribution in [1.82, 2.24) is 24.8 Å². The van der Waals surface area contributed by atoms with E-state index in [0.29, 0.717) is 42.4 Å². The number of rotatable bonds is 3. The minimum Gasteiger partial charge on any atom is -0.459 e. The Morgan fingerprint density at radius 1 is 1.21 bits per heavy atom. The van der Waals surface area contributed by atoms with E-state index in [2.05, 4.69) is 15.2 Å². The van der Waals surface area contributed by atoms with Crippen LogP contribution in [0.2, 0.25) is 0 Å². The quantitative estimate of drug-likeness (QED) is 0.531. The SMILES string of the molecule is Cn1nc(-c2nc(-c3ccc(F)cc3)no2)c2c1CCN(C(=O)c1ccco1)C2. The van der Waals surface area contributed by atoms with Crippen LogP contribution >= 0.6 is 0 Å². The topological polar surface area (TPSA) is 90.2 Å². The molecule has 8 nitrogen and oxygen atoms in total. The Balaban J connectivity index is 1.47. The number of hydrogen-bond donors (Lipinski definition) is 0. The number of amides is 1. The summed E-state index contributed by atoms with van der Waals surface area (Å²) in [6, 6.07) is 9.18. The molecular weight excluding hydrogens is 377 g/mol. The van der Waals surface area contributed by atoms with Gasteiger partial charge in [0.05, 0.1) is 12.8 Å². The van der Waals surface area contributed by atoms with Crippen molar-refractivity contribution in [3.05, 3.63) is 65.5 Å². The van der Waals surface area contributed by atoms with Gasteiger partial charge in [0.15, 0.2) is 11.5 Å². The summed E-state index contributed by atoms with van der Waals surface area (Å²) in [6.07, 6.45) is 2.14. The first-order valence-electron chi connectivity index (χ1n) is 9.07. The van der Waals surface area contributed by atoms with Gasteiger partial charge in [-0.2, -0.15) is 10.1 Å². The predicted octanol–water partition coefficient (Wildman–Crippen LogP) is 3.07. The molecule has 0 atom stereocenters. The van der Waals surface area contributed by atoms with Gasteiger partial charge in [0, 0.05) is 36.8 Å². The fourth-order valence-corrected chi connectivity index (χ4v) is 3.53. The third-order valence-electron chi connectivity index (χ3n) is 4.99. The van der Waals surface area contributed by atoms with Crippen molar-refractivity contribution in [3.63, 3.8) is 0 Å². The van der Waals surface area contributed by atoms with Crippen molar-refractivity contribution in [3.8, 4) is 23.0 Å². The van der Waals surface area contributed by atoms with E-state index in [1.54, 1.807) is 33.8 Å².